The third-order valence-electron chi connectivity index (χ3n) is 3.82. The molecule has 2 rings (SSSR count). The lowest BCUT2D eigenvalue weighted by Gasteiger charge is -2.18. The normalized spacial score (nSPS) is 23.6. The topological polar surface area (TPSA) is 97.1 Å². The Morgan fingerprint density at radius 1 is 1.33 bits per heavy atom. The van der Waals surface area contributed by atoms with E-state index < -0.39 is 10.0 Å². The third kappa shape index (κ3) is 4.38. The zero-order valence-corrected chi connectivity index (χ0v) is 14.4. The molecule has 21 heavy (non-hydrogen) atoms. The second-order valence-electron chi connectivity index (χ2n) is 5.58. The largest absolute Gasteiger partial charge is 0.307 e. The van der Waals surface area contributed by atoms with Crippen molar-refractivity contribution in [2.75, 3.05) is 5.43 Å². The number of hydrogen-bond donors (Lipinski definition) is 3. The van der Waals surface area contributed by atoms with Gasteiger partial charge in [0.15, 0.2) is 5.82 Å². The maximum atomic E-state index is 12.6. The van der Waals surface area contributed by atoms with Gasteiger partial charge in [0, 0.05) is 16.7 Å². The number of sulfonamides is 1. The fourth-order valence-corrected chi connectivity index (χ4v) is 4.55. The maximum Gasteiger partial charge on any atom is 0.244 e. The molecule has 1 aliphatic carbocycles. The monoisotopic (exact) mass is 376 g/mol. The van der Waals surface area contributed by atoms with Crippen LogP contribution in [0.15, 0.2) is 21.6 Å². The van der Waals surface area contributed by atoms with E-state index in [2.05, 4.69) is 38.0 Å². The van der Waals surface area contributed by atoms with E-state index in [4.69, 9.17) is 5.84 Å². The average Bonchev–Trinajstić information content (AvgIpc) is 2.63. The highest BCUT2D eigenvalue weighted by atomic mass is 79.9. The molecule has 0 aliphatic heterocycles. The van der Waals surface area contributed by atoms with Gasteiger partial charge in [-0.3, -0.25) is 0 Å². The highest BCUT2D eigenvalue weighted by molar-refractivity contribution is 9.10. The van der Waals surface area contributed by atoms with Crippen molar-refractivity contribution in [2.24, 2.45) is 11.8 Å². The Balaban J connectivity index is 2.20. The predicted octanol–water partition coefficient (Wildman–Crippen LogP) is 2.38. The molecule has 1 heterocycles. The van der Waals surface area contributed by atoms with E-state index in [9.17, 15) is 8.42 Å². The van der Waals surface area contributed by atoms with Crippen LogP contribution in [0, 0.1) is 5.92 Å². The van der Waals surface area contributed by atoms with E-state index in [-0.39, 0.29) is 16.8 Å². The molecular weight excluding hydrogens is 356 g/mol. The predicted molar refractivity (Wildman–Crippen MR) is 86.1 cm³/mol. The lowest BCUT2D eigenvalue weighted by atomic mass is 10.0. The van der Waals surface area contributed by atoms with Crippen LogP contribution in [-0.2, 0) is 10.0 Å². The van der Waals surface area contributed by atoms with Gasteiger partial charge in [-0.2, -0.15) is 0 Å². The molecule has 1 aromatic rings. The number of halogens is 1. The summed E-state index contributed by atoms with van der Waals surface area (Å²) >= 11 is 3.24. The molecule has 0 aromatic carbocycles. The molecule has 0 bridgehead atoms. The maximum absolute atomic E-state index is 12.6. The van der Waals surface area contributed by atoms with Gasteiger partial charge in [-0.15, -0.1) is 0 Å². The van der Waals surface area contributed by atoms with Gasteiger partial charge in [0.2, 0.25) is 10.0 Å². The van der Waals surface area contributed by atoms with Crippen LogP contribution in [-0.4, -0.2) is 19.4 Å². The first-order valence-corrected chi connectivity index (χ1v) is 9.34. The first kappa shape index (κ1) is 16.7. The Hall–Kier alpha value is -0.700. The summed E-state index contributed by atoms with van der Waals surface area (Å²) < 4.78 is 28.5. The van der Waals surface area contributed by atoms with Crippen molar-refractivity contribution in [1.82, 2.24) is 9.71 Å². The highest BCUT2D eigenvalue weighted by Crippen LogP contribution is 2.26. The van der Waals surface area contributed by atoms with Crippen molar-refractivity contribution in [3.8, 4) is 0 Å². The number of hydrazine groups is 1. The summed E-state index contributed by atoms with van der Waals surface area (Å²) in [5, 5.41) is 0. The van der Waals surface area contributed by atoms with Gasteiger partial charge >= 0.3 is 0 Å². The summed E-state index contributed by atoms with van der Waals surface area (Å²) in [5.74, 6) is 6.16. The fraction of sp³-hybridized carbons (Fsp3) is 0.615. The molecular formula is C13H21BrN4O2S. The Labute approximate surface area is 134 Å². The van der Waals surface area contributed by atoms with Crippen LogP contribution in [0.1, 0.15) is 39.0 Å². The van der Waals surface area contributed by atoms with Crippen molar-refractivity contribution in [2.45, 2.75) is 50.0 Å². The molecule has 4 N–H and O–H groups in total. The van der Waals surface area contributed by atoms with Crippen molar-refractivity contribution >= 4 is 31.8 Å². The number of aromatic nitrogens is 1. The van der Waals surface area contributed by atoms with E-state index in [1.165, 1.54) is 12.3 Å². The van der Waals surface area contributed by atoms with Gasteiger partial charge in [0.25, 0.3) is 0 Å². The van der Waals surface area contributed by atoms with E-state index in [1.54, 1.807) is 0 Å². The lowest BCUT2D eigenvalue weighted by molar-refractivity contribution is 0.484. The Kier molecular flexibility index (Phi) is 5.59. The van der Waals surface area contributed by atoms with Crippen LogP contribution in [0.2, 0.25) is 0 Å². The molecule has 0 radical (unpaired) electrons. The van der Waals surface area contributed by atoms with Crippen molar-refractivity contribution in [3.05, 3.63) is 16.7 Å². The molecule has 2 unspecified atom stereocenters. The van der Waals surface area contributed by atoms with Gasteiger partial charge in [0.05, 0.1) is 0 Å². The molecule has 0 amide bonds. The van der Waals surface area contributed by atoms with Crippen LogP contribution >= 0.6 is 15.9 Å². The molecule has 118 valence electrons. The summed E-state index contributed by atoms with van der Waals surface area (Å²) in [6.45, 7) is 2.21. The minimum absolute atomic E-state index is 0.0236. The first-order valence-electron chi connectivity index (χ1n) is 7.07. The number of rotatable bonds is 4. The van der Waals surface area contributed by atoms with Crippen molar-refractivity contribution in [3.63, 3.8) is 0 Å². The second kappa shape index (κ2) is 7.04. The minimum atomic E-state index is -3.64. The highest BCUT2D eigenvalue weighted by Gasteiger charge is 2.25. The number of nitrogen functional groups attached to an aromatic ring is 1. The van der Waals surface area contributed by atoms with Crippen molar-refractivity contribution < 1.29 is 8.42 Å². The molecule has 6 nitrogen and oxygen atoms in total. The molecule has 1 saturated carbocycles. The van der Waals surface area contributed by atoms with Crippen LogP contribution in [0.25, 0.3) is 0 Å². The number of nitrogens with two attached hydrogens (primary N) is 1. The smallest absolute Gasteiger partial charge is 0.244 e. The zero-order chi connectivity index (χ0) is 15.5. The number of nitrogens with zero attached hydrogens (tertiary/aromatic N) is 1. The van der Waals surface area contributed by atoms with Gasteiger partial charge in [0.1, 0.15) is 4.90 Å². The number of hydrogen-bond acceptors (Lipinski definition) is 5. The molecule has 1 aromatic heterocycles. The SMILES string of the molecule is CC1CCCC(NS(=O)(=O)c2cc(Br)cnc2NN)CC1. The summed E-state index contributed by atoms with van der Waals surface area (Å²) in [6.07, 6.45) is 6.50. The summed E-state index contributed by atoms with van der Waals surface area (Å²) in [7, 11) is -3.64. The van der Waals surface area contributed by atoms with E-state index in [1.807, 2.05) is 0 Å². The molecule has 0 spiro atoms. The average molecular weight is 377 g/mol. The number of nitrogens with one attached hydrogen (secondary N) is 2. The first-order chi connectivity index (χ1) is 9.92. The Morgan fingerprint density at radius 3 is 2.81 bits per heavy atom. The van der Waals surface area contributed by atoms with Crippen LogP contribution < -0.4 is 16.0 Å². The Morgan fingerprint density at radius 2 is 2.10 bits per heavy atom. The lowest BCUT2D eigenvalue weighted by Crippen LogP contribution is -2.35. The van der Waals surface area contributed by atoms with Crippen LogP contribution in [0.4, 0.5) is 5.82 Å². The molecule has 2 atom stereocenters. The summed E-state index contributed by atoms with van der Waals surface area (Å²) in [4.78, 5) is 4.05. The van der Waals surface area contributed by atoms with Gasteiger partial charge in [-0.1, -0.05) is 19.8 Å². The Bertz CT molecular complexity index is 594. The zero-order valence-electron chi connectivity index (χ0n) is 12.0. The second-order valence-corrected chi connectivity index (χ2v) is 8.17. The molecule has 1 aliphatic rings. The standard InChI is InChI=1S/C13H21BrN4O2S/c1-9-3-2-4-11(6-5-9)18-21(19,20)12-7-10(14)8-16-13(12)17-15/h7-9,11,18H,2-6,15H2,1H3,(H,16,17). The van der Waals surface area contributed by atoms with Crippen LogP contribution in [0.3, 0.4) is 0 Å². The molecule has 0 saturated heterocycles. The number of anilines is 1. The third-order valence-corrected chi connectivity index (χ3v) is 5.79. The van der Waals surface area contributed by atoms with Gasteiger partial charge < -0.3 is 5.43 Å². The number of pyridine rings is 1. The van der Waals surface area contributed by atoms with Crippen molar-refractivity contribution in [1.29, 1.82) is 0 Å². The van der Waals surface area contributed by atoms with E-state index in [0.717, 1.165) is 32.1 Å². The quantitative estimate of drug-likeness (QED) is 0.425. The van der Waals surface area contributed by atoms with Gasteiger partial charge in [-0.05, 0) is 47.2 Å². The minimum Gasteiger partial charge on any atom is -0.307 e. The van der Waals surface area contributed by atoms with Crippen LogP contribution in [0.5, 0.6) is 0 Å². The van der Waals surface area contributed by atoms with Gasteiger partial charge in [-0.25, -0.2) is 24.0 Å². The summed E-state index contributed by atoms with van der Waals surface area (Å²) in [5.41, 5.74) is 2.33. The summed E-state index contributed by atoms with van der Waals surface area (Å²) in [6, 6.07) is 1.48. The van der Waals surface area contributed by atoms with E-state index in [0.29, 0.717) is 10.4 Å². The fourth-order valence-electron chi connectivity index (χ4n) is 2.62. The van der Waals surface area contributed by atoms with E-state index >= 15 is 0 Å². The molecule has 8 heteroatoms. The molecule has 1 fully saturated rings.